The maximum absolute atomic E-state index is 10.5. The van der Waals surface area contributed by atoms with Crippen molar-refractivity contribution < 1.29 is 9.34 Å². The molecule has 0 aliphatic carbocycles. The Hall–Kier alpha value is -1.69. The summed E-state index contributed by atoms with van der Waals surface area (Å²) in [5.74, 6) is 0. The predicted octanol–water partition coefficient (Wildman–Crippen LogP) is 2.71. The molecule has 0 fully saturated rings. The number of nitro groups is 1. The highest BCUT2D eigenvalue weighted by Crippen LogP contribution is 2.24. The van der Waals surface area contributed by atoms with Crippen LogP contribution in [0.1, 0.15) is 5.56 Å². The van der Waals surface area contributed by atoms with E-state index in [4.69, 9.17) is 16.6 Å². The zero-order valence-corrected chi connectivity index (χ0v) is 8.05. The standard InChI is InChI=1S/C8H6N2O3S/c1-4-2-5(10(11)12)3-6-7(4)13-8(14)9-6/h2-3H,1H3,(H,9,14). The van der Waals surface area contributed by atoms with Crippen molar-refractivity contribution in [2.24, 2.45) is 0 Å². The average molecular weight is 210 g/mol. The second-order valence-corrected chi connectivity index (χ2v) is 3.28. The smallest absolute Gasteiger partial charge is 0.272 e. The van der Waals surface area contributed by atoms with E-state index >= 15 is 0 Å². The van der Waals surface area contributed by atoms with Crippen LogP contribution in [0.5, 0.6) is 0 Å². The van der Waals surface area contributed by atoms with Crippen LogP contribution in [-0.2, 0) is 0 Å². The molecule has 5 nitrogen and oxygen atoms in total. The van der Waals surface area contributed by atoms with Gasteiger partial charge in [0.2, 0.25) is 0 Å². The fourth-order valence-corrected chi connectivity index (χ4v) is 1.51. The van der Waals surface area contributed by atoms with Gasteiger partial charge < -0.3 is 9.40 Å². The second-order valence-electron chi connectivity index (χ2n) is 2.91. The topological polar surface area (TPSA) is 72.1 Å². The molecule has 2 rings (SSSR count). The monoisotopic (exact) mass is 210 g/mol. The van der Waals surface area contributed by atoms with E-state index in [2.05, 4.69) is 4.98 Å². The molecule has 0 aliphatic heterocycles. The van der Waals surface area contributed by atoms with E-state index in [1.54, 1.807) is 6.92 Å². The normalized spacial score (nSPS) is 10.6. The van der Waals surface area contributed by atoms with Gasteiger partial charge >= 0.3 is 0 Å². The molecule has 6 heteroatoms. The molecular weight excluding hydrogens is 204 g/mol. The third-order valence-corrected chi connectivity index (χ3v) is 2.09. The maximum Gasteiger partial charge on any atom is 0.272 e. The molecule has 0 bridgehead atoms. The number of non-ortho nitro benzene ring substituents is 1. The number of fused-ring (bicyclic) bond motifs is 1. The van der Waals surface area contributed by atoms with Crippen LogP contribution in [0.15, 0.2) is 16.5 Å². The first-order valence-electron chi connectivity index (χ1n) is 3.86. The van der Waals surface area contributed by atoms with Gasteiger partial charge in [0.15, 0.2) is 5.58 Å². The highest BCUT2D eigenvalue weighted by atomic mass is 32.1. The predicted molar refractivity (Wildman–Crippen MR) is 52.8 cm³/mol. The molecule has 1 N–H and O–H groups in total. The lowest BCUT2D eigenvalue weighted by atomic mass is 10.2. The summed E-state index contributed by atoms with van der Waals surface area (Å²) in [7, 11) is 0. The third-order valence-electron chi connectivity index (χ3n) is 1.90. The number of nitro benzene ring substituents is 1. The number of H-pyrrole nitrogens is 1. The molecule has 0 radical (unpaired) electrons. The number of benzene rings is 1. The number of oxazole rings is 1. The molecule has 1 aromatic carbocycles. The summed E-state index contributed by atoms with van der Waals surface area (Å²) >= 11 is 4.79. The lowest BCUT2D eigenvalue weighted by Crippen LogP contribution is -1.88. The quantitative estimate of drug-likeness (QED) is 0.446. The van der Waals surface area contributed by atoms with Crippen molar-refractivity contribution in [1.82, 2.24) is 4.98 Å². The molecule has 0 atom stereocenters. The number of nitrogens with one attached hydrogen (secondary N) is 1. The van der Waals surface area contributed by atoms with Gasteiger partial charge in [0, 0.05) is 17.7 Å². The fraction of sp³-hybridized carbons (Fsp3) is 0.125. The fourth-order valence-electron chi connectivity index (χ4n) is 1.32. The minimum atomic E-state index is -0.448. The summed E-state index contributed by atoms with van der Waals surface area (Å²) in [5, 5.41) is 10.5. The van der Waals surface area contributed by atoms with Gasteiger partial charge in [0.1, 0.15) is 0 Å². The van der Waals surface area contributed by atoms with Crippen molar-refractivity contribution >= 4 is 29.0 Å². The van der Waals surface area contributed by atoms with Crippen LogP contribution in [0.25, 0.3) is 11.1 Å². The minimum Gasteiger partial charge on any atom is -0.429 e. The van der Waals surface area contributed by atoms with Crippen molar-refractivity contribution in [2.45, 2.75) is 6.92 Å². The molecule has 1 heterocycles. The van der Waals surface area contributed by atoms with Crippen LogP contribution >= 0.6 is 12.2 Å². The van der Waals surface area contributed by atoms with Gasteiger partial charge in [-0.3, -0.25) is 10.1 Å². The van der Waals surface area contributed by atoms with Crippen LogP contribution in [0, 0.1) is 21.9 Å². The first-order valence-corrected chi connectivity index (χ1v) is 4.26. The number of hydrogen-bond acceptors (Lipinski definition) is 4. The molecule has 0 spiro atoms. The second kappa shape index (κ2) is 2.91. The van der Waals surface area contributed by atoms with Crippen LogP contribution in [-0.4, -0.2) is 9.91 Å². The Morgan fingerprint density at radius 2 is 2.29 bits per heavy atom. The van der Waals surface area contributed by atoms with Crippen LogP contribution < -0.4 is 0 Å². The highest BCUT2D eigenvalue weighted by molar-refractivity contribution is 7.71. The third kappa shape index (κ3) is 1.29. The number of aromatic nitrogens is 1. The van der Waals surface area contributed by atoms with E-state index in [0.717, 1.165) is 0 Å². The Labute approximate surface area is 83.5 Å². The molecule has 0 aliphatic rings. The van der Waals surface area contributed by atoms with Crippen LogP contribution in [0.4, 0.5) is 5.69 Å². The average Bonchev–Trinajstić information content (AvgIpc) is 2.45. The minimum absolute atomic E-state index is 0.0297. The molecule has 2 aromatic rings. The SMILES string of the molecule is Cc1cc([N+](=O)[O-])cc2[nH]c(=S)oc12. The first kappa shape index (κ1) is 8.89. The van der Waals surface area contributed by atoms with E-state index in [1.165, 1.54) is 12.1 Å². The highest BCUT2D eigenvalue weighted by Gasteiger charge is 2.11. The summed E-state index contributed by atoms with van der Waals surface area (Å²) in [5.41, 5.74) is 1.85. The molecule has 14 heavy (non-hydrogen) atoms. The number of rotatable bonds is 1. The van der Waals surface area contributed by atoms with Gasteiger partial charge in [0.25, 0.3) is 10.5 Å². The Kier molecular flexibility index (Phi) is 1.85. The molecule has 0 saturated carbocycles. The summed E-state index contributed by atoms with van der Waals surface area (Å²) < 4.78 is 5.17. The van der Waals surface area contributed by atoms with E-state index in [-0.39, 0.29) is 10.5 Å². The van der Waals surface area contributed by atoms with Crippen LogP contribution in [0.2, 0.25) is 0 Å². The van der Waals surface area contributed by atoms with Crippen LogP contribution in [0.3, 0.4) is 0 Å². The van der Waals surface area contributed by atoms with Gasteiger partial charge in [-0.25, -0.2) is 0 Å². The maximum atomic E-state index is 10.5. The largest absolute Gasteiger partial charge is 0.429 e. The van der Waals surface area contributed by atoms with Gasteiger partial charge in [0.05, 0.1) is 10.4 Å². The molecule has 72 valence electrons. The summed E-state index contributed by atoms with van der Waals surface area (Å²) in [6, 6.07) is 2.86. The van der Waals surface area contributed by atoms with Crippen molar-refractivity contribution in [3.8, 4) is 0 Å². The Morgan fingerprint density at radius 1 is 1.57 bits per heavy atom. The number of aryl methyl sites for hydroxylation is 1. The van der Waals surface area contributed by atoms with Gasteiger partial charge in [-0.15, -0.1) is 0 Å². The number of hydrogen-bond donors (Lipinski definition) is 1. The number of aromatic amines is 1. The van der Waals surface area contributed by atoms with Gasteiger partial charge in [-0.1, -0.05) is 0 Å². The van der Waals surface area contributed by atoms with E-state index in [0.29, 0.717) is 16.7 Å². The molecule has 0 unspecified atom stereocenters. The Balaban J connectivity index is 2.84. The molecular formula is C8H6N2O3S. The lowest BCUT2D eigenvalue weighted by molar-refractivity contribution is -0.384. The molecule has 0 saturated heterocycles. The zero-order chi connectivity index (χ0) is 10.3. The van der Waals surface area contributed by atoms with Gasteiger partial charge in [-0.2, -0.15) is 0 Å². The van der Waals surface area contributed by atoms with Crippen molar-refractivity contribution in [3.63, 3.8) is 0 Å². The van der Waals surface area contributed by atoms with E-state index in [1.807, 2.05) is 0 Å². The summed E-state index contributed by atoms with van der Waals surface area (Å²) in [6.07, 6.45) is 0. The zero-order valence-electron chi connectivity index (χ0n) is 7.23. The summed E-state index contributed by atoms with van der Waals surface area (Å²) in [6.45, 7) is 1.74. The van der Waals surface area contributed by atoms with Crippen molar-refractivity contribution in [1.29, 1.82) is 0 Å². The van der Waals surface area contributed by atoms with Crippen molar-refractivity contribution in [2.75, 3.05) is 0 Å². The molecule has 1 aromatic heterocycles. The molecule has 0 amide bonds. The van der Waals surface area contributed by atoms with E-state index in [9.17, 15) is 10.1 Å². The van der Waals surface area contributed by atoms with E-state index < -0.39 is 4.92 Å². The number of nitrogens with zero attached hydrogens (tertiary/aromatic N) is 1. The summed E-state index contributed by atoms with van der Waals surface area (Å²) in [4.78, 5) is 13.1. The van der Waals surface area contributed by atoms with Gasteiger partial charge in [-0.05, 0) is 19.1 Å². The lowest BCUT2D eigenvalue weighted by Gasteiger charge is -1.94. The van der Waals surface area contributed by atoms with Crippen molar-refractivity contribution in [3.05, 3.63) is 32.6 Å². The first-order chi connectivity index (χ1) is 6.58. The Bertz CT molecular complexity index is 569. The Morgan fingerprint density at radius 3 is 2.93 bits per heavy atom.